The highest BCUT2D eigenvalue weighted by molar-refractivity contribution is 8.02. The van der Waals surface area contributed by atoms with Gasteiger partial charge in [0, 0.05) is 15.2 Å². The summed E-state index contributed by atoms with van der Waals surface area (Å²) in [6, 6.07) is 6.11. The number of halogens is 1. The van der Waals surface area contributed by atoms with Crippen LogP contribution in [0.3, 0.4) is 0 Å². The first-order valence-corrected chi connectivity index (χ1v) is 4.74. The summed E-state index contributed by atoms with van der Waals surface area (Å²) >= 11 is 7.69. The molecule has 0 fully saturated rings. The van der Waals surface area contributed by atoms with E-state index >= 15 is 0 Å². The van der Waals surface area contributed by atoms with Crippen molar-refractivity contribution in [3.8, 4) is 0 Å². The Labute approximate surface area is 75.9 Å². The van der Waals surface area contributed by atoms with E-state index in [1.807, 2.05) is 23.9 Å². The molecule has 1 heterocycles. The standard InChI is InChI=1S/C9H8ClS/c1-6-4-7-2-3-8(10)5-9(7)11-6/h2-3,5H,4H2,1H3. The van der Waals surface area contributed by atoms with Crippen molar-refractivity contribution in [2.24, 2.45) is 0 Å². The Morgan fingerprint density at radius 3 is 3.09 bits per heavy atom. The molecule has 0 N–H and O–H groups in total. The number of hydrogen-bond donors (Lipinski definition) is 0. The van der Waals surface area contributed by atoms with Crippen LogP contribution in [0, 0.1) is 5.25 Å². The molecule has 0 amide bonds. The number of benzene rings is 1. The van der Waals surface area contributed by atoms with Gasteiger partial charge in [-0.3, -0.25) is 0 Å². The second-order valence-electron chi connectivity index (χ2n) is 2.73. The molecule has 0 saturated carbocycles. The Balaban J connectivity index is 2.43. The summed E-state index contributed by atoms with van der Waals surface area (Å²) in [5.41, 5.74) is 1.41. The second-order valence-corrected chi connectivity index (χ2v) is 4.51. The van der Waals surface area contributed by atoms with E-state index in [1.165, 1.54) is 15.7 Å². The second kappa shape index (κ2) is 2.72. The van der Waals surface area contributed by atoms with Crippen molar-refractivity contribution >= 4 is 23.4 Å². The van der Waals surface area contributed by atoms with Crippen molar-refractivity contribution in [2.75, 3.05) is 0 Å². The Morgan fingerprint density at radius 1 is 1.45 bits per heavy atom. The third-order valence-electron chi connectivity index (χ3n) is 1.75. The van der Waals surface area contributed by atoms with Gasteiger partial charge in [0.1, 0.15) is 0 Å². The van der Waals surface area contributed by atoms with Crippen LogP contribution in [0.4, 0.5) is 0 Å². The Kier molecular flexibility index (Phi) is 1.86. The van der Waals surface area contributed by atoms with Gasteiger partial charge in [0.15, 0.2) is 0 Å². The van der Waals surface area contributed by atoms with Gasteiger partial charge in [-0.05, 0) is 31.0 Å². The minimum Gasteiger partial charge on any atom is -0.117 e. The van der Waals surface area contributed by atoms with E-state index in [9.17, 15) is 0 Å². The molecule has 0 aromatic heterocycles. The van der Waals surface area contributed by atoms with Gasteiger partial charge < -0.3 is 0 Å². The minimum atomic E-state index is 0.839. The molecule has 2 heteroatoms. The number of rotatable bonds is 0. The van der Waals surface area contributed by atoms with Crippen LogP contribution in [0.1, 0.15) is 12.5 Å². The average molecular weight is 184 g/mol. The highest BCUT2D eigenvalue weighted by atomic mass is 35.5. The predicted molar refractivity (Wildman–Crippen MR) is 49.9 cm³/mol. The SMILES string of the molecule is C[C]1Cc2ccc(Cl)cc2S1. The topological polar surface area (TPSA) is 0 Å². The molecule has 0 saturated heterocycles. The first-order chi connectivity index (χ1) is 5.25. The predicted octanol–water partition coefficient (Wildman–Crippen LogP) is 3.54. The van der Waals surface area contributed by atoms with Gasteiger partial charge in [0.05, 0.1) is 0 Å². The lowest BCUT2D eigenvalue weighted by Gasteiger charge is -1.95. The fourth-order valence-corrected chi connectivity index (χ4v) is 2.56. The van der Waals surface area contributed by atoms with Gasteiger partial charge in [-0.1, -0.05) is 17.7 Å². The molecule has 0 bridgehead atoms. The van der Waals surface area contributed by atoms with Crippen molar-refractivity contribution in [1.82, 2.24) is 0 Å². The molecule has 1 radical (unpaired) electrons. The molecule has 2 rings (SSSR count). The summed E-state index contributed by atoms with van der Waals surface area (Å²) in [5, 5.41) is 2.30. The number of fused-ring (bicyclic) bond motifs is 1. The molecule has 0 unspecified atom stereocenters. The van der Waals surface area contributed by atoms with Crippen LogP contribution in [-0.2, 0) is 6.42 Å². The zero-order valence-corrected chi connectivity index (χ0v) is 7.80. The van der Waals surface area contributed by atoms with E-state index in [1.54, 1.807) is 0 Å². The van der Waals surface area contributed by atoms with Crippen LogP contribution in [0.25, 0.3) is 0 Å². The Morgan fingerprint density at radius 2 is 2.27 bits per heavy atom. The van der Waals surface area contributed by atoms with E-state index in [4.69, 9.17) is 11.6 Å². The lowest BCUT2D eigenvalue weighted by atomic mass is 10.1. The molecule has 11 heavy (non-hydrogen) atoms. The van der Waals surface area contributed by atoms with Crippen molar-refractivity contribution in [1.29, 1.82) is 0 Å². The molecule has 1 aromatic rings. The molecule has 0 nitrogen and oxygen atoms in total. The van der Waals surface area contributed by atoms with Crippen molar-refractivity contribution in [3.05, 3.63) is 34.0 Å². The average Bonchev–Trinajstić information content (AvgIpc) is 2.27. The molecular weight excluding hydrogens is 176 g/mol. The maximum absolute atomic E-state index is 5.85. The molecular formula is C9H8ClS. The first kappa shape index (κ1) is 7.51. The molecule has 0 atom stereocenters. The van der Waals surface area contributed by atoms with Crippen LogP contribution in [-0.4, -0.2) is 0 Å². The van der Waals surface area contributed by atoms with Crippen LogP contribution in [0.15, 0.2) is 23.1 Å². The van der Waals surface area contributed by atoms with Crippen molar-refractivity contribution in [2.45, 2.75) is 18.2 Å². The molecule has 0 aliphatic carbocycles. The maximum Gasteiger partial charge on any atom is 0.0417 e. The van der Waals surface area contributed by atoms with Gasteiger partial charge >= 0.3 is 0 Å². The zero-order chi connectivity index (χ0) is 7.84. The summed E-state index contributed by atoms with van der Waals surface area (Å²) in [5.74, 6) is 0. The fourth-order valence-electron chi connectivity index (χ4n) is 1.26. The monoisotopic (exact) mass is 183 g/mol. The summed E-state index contributed by atoms with van der Waals surface area (Å²) in [4.78, 5) is 1.33. The fraction of sp³-hybridized carbons (Fsp3) is 0.222. The van der Waals surface area contributed by atoms with E-state index in [-0.39, 0.29) is 0 Å². The van der Waals surface area contributed by atoms with Crippen LogP contribution in [0.5, 0.6) is 0 Å². The van der Waals surface area contributed by atoms with E-state index < -0.39 is 0 Å². The highest BCUT2D eigenvalue weighted by Crippen LogP contribution is 2.42. The summed E-state index contributed by atoms with van der Waals surface area (Å²) in [6.07, 6.45) is 1.11. The van der Waals surface area contributed by atoms with E-state index in [0.717, 1.165) is 11.4 Å². The summed E-state index contributed by atoms with van der Waals surface area (Å²) in [6.45, 7) is 2.17. The molecule has 1 aliphatic heterocycles. The molecule has 1 aliphatic rings. The van der Waals surface area contributed by atoms with Crippen molar-refractivity contribution < 1.29 is 0 Å². The first-order valence-electron chi connectivity index (χ1n) is 3.54. The van der Waals surface area contributed by atoms with Crippen LogP contribution < -0.4 is 0 Å². The lowest BCUT2D eigenvalue weighted by molar-refractivity contribution is 1.10. The minimum absolute atomic E-state index is 0.839. The Hall–Kier alpha value is -0.140. The van der Waals surface area contributed by atoms with Gasteiger partial charge in [-0.15, -0.1) is 11.8 Å². The zero-order valence-electron chi connectivity index (χ0n) is 6.23. The smallest absolute Gasteiger partial charge is 0.0417 e. The summed E-state index contributed by atoms with van der Waals surface area (Å²) in [7, 11) is 0. The summed E-state index contributed by atoms with van der Waals surface area (Å²) < 4.78 is 0. The Bertz CT molecular complexity index is 283. The van der Waals surface area contributed by atoms with Crippen LogP contribution in [0.2, 0.25) is 5.02 Å². The normalized spacial score (nSPS) is 16.9. The van der Waals surface area contributed by atoms with E-state index in [2.05, 4.69) is 13.0 Å². The number of thioether (sulfide) groups is 1. The highest BCUT2D eigenvalue weighted by Gasteiger charge is 2.18. The van der Waals surface area contributed by atoms with E-state index in [0.29, 0.717) is 0 Å². The third kappa shape index (κ3) is 1.40. The number of hydrogen-bond acceptors (Lipinski definition) is 1. The molecule has 1 aromatic carbocycles. The van der Waals surface area contributed by atoms with Gasteiger partial charge in [0.2, 0.25) is 0 Å². The van der Waals surface area contributed by atoms with Gasteiger partial charge in [-0.25, -0.2) is 0 Å². The maximum atomic E-state index is 5.85. The third-order valence-corrected chi connectivity index (χ3v) is 3.08. The molecule has 57 valence electrons. The van der Waals surface area contributed by atoms with Gasteiger partial charge in [-0.2, -0.15) is 0 Å². The van der Waals surface area contributed by atoms with Crippen LogP contribution >= 0.6 is 23.4 Å². The van der Waals surface area contributed by atoms with Crippen molar-refractivity contribution in [3.63, 3.8) is 0 Å². The molecule has 0 spiro atoms. The van der Waals surface area contributed by atoms with Gasteiger partial charge in [0.25, 0.3) is 0 Å². The lowest BCUT2D eigenvalue weighted by Crippen LogP contribution is -1.81. The quantitative estimate of drug-likeness (QED) is 0.593. The largest absolute Gasteiger partial charge is 0.117 e.